The number of benzene rings is 1. The Balaban J connectivity index is 2.56. The molecule has 0 saturated carbocycles. The number of halogens is 2. The van der Waals surface area contributed by atoms with Gasteiger partial charge in [-0.1, -0.05) is 6.92 Å². The highest BCUT2D eigenvalue weighted by Gasteiger charge is 2.14. The molecule has 6 heteroatoms. The molecule has 1 aromatic rings. The van der Waals surface area contributed by atoms with Crippen molar-refractivity contribution < 1.29 is 23.5 Å². The Hall–Kier alpha value is -1.98. The van der Waals surface area contributed by atoms with Crippen molar-refractivity contribution in [2.24, 2.45) is 5.92 Å². The van der Waals surface area contributed by atoms with Gasteiger partial charge in [-0.2, -0.15) is 0 Å². The molecule has 1 aromatic carbocycles. The lowest BCUT2D eigenvalue weighted by Gasteiger charge is -2.10. The van der Waals surface area contributed by atoms with Gasteiger partial charge in [0.2, 0.25) is 5.91 Å². The molecule has 2 N–H and O–H groups in total. The smallest absolute Gasteiger partial charge is 0.303 e. The largest absolute Gasteiger partial charge is 0.481 e. The topological polar surface area (TPSA) is 66.4 Å². The molecule has 0 saturated heterocycles. The number of nitrogens with one attached hydrogen (secondary N) is 1. The monoisotopic (exact) mass is 257 g/mol. The van der Waals surface area contributed by atoms with Crippen molar-refractivity contribution in [2.45, 2.75) is 19.8 Å². The summed E-state index contributed by atoms with van der Waals surface area (Å²) in [6.07, 6.45) is -0.178. The van der Waals surface area contributed by atoms with Crippen LogP contribution in [0, 0.1) is 17.6 Å². The van der Waals surface area contributed by atoms with Crippen LogP contribution in [-0.4, -0.2) is 17.0 Å². The van der Waals surface area contributed by atoms with Gasteiger partial charge in [0.05, 0.1) is 5.69 Å². The van der Waals surface area contributed by atoms with Gasteiger partial charge >= 0.3 is 5.97 Å². The van der Waals surface area contributed by atoms with Gasteiger partial charge in [0.25, 0.3) is 0 Å². The highest BCUT2D eigenvalue weighted by atomic mass is 19.1. The third kappa shape index (κ3) is 4.48. The first kappa shape index (κ1) is 14.1. The summed E-state index contributed by atoms with van der Waals surface area (Å²) in [5.41, 5.74) is -0.121. The zero-order valence-electron chi connectivity index (χ0n) is 9.74. The Morgan fingerprint density at radius 2 is 2.00 bits per heavy atom. The lowest BCUT2D eigenvalue weighted by Crippen LogP contribution is -2.17. The molecule has 1 atom stereocenters. The third-order valence-corrected chi connectivity index (χ3v) is 2.26. The van der Waals surface area contributed by atoms with Crippen LogP contribution in [0.4, 0.5) is 14.5 Å². The minimum absolute atomic E-state index is 0.0386. The van der Waals surface area contributed by atoms with Crippen molar-refractivity contribution >= 4 is 17.6 Å². The van der Waals surface area contributed by atoms with Crippen LogP contribution >= 0.6 is 0 Å². The summed E-state index contributed by atoms with van der Waals surface area (Å²) in [6.45, 7) is 1.61. The van der Waals surface area contributed by atoms with E-state index in [0.29, 0.717) is 6.07 Å². The maximum atomic E-state index is 13.2. The summed E-state index contributed by atoms with van der Waals surface area (Å²) in [6, 6.07) is 2.81. The van der Waals surface area contributed by atoms with Gasteiger partial charge in [-0.3, -0.25) is 9.59 Å². The molecule has 0 radical (unpaired) electrons. The number of hydrogen-bond donors (Lipinski definition) is 2. The molecule has 98 valence electrons. The fourth-order valence-electron chi connectivity index (χ4n) is 1.48. The highest BCUT2D eigenvalue weighted by molar-refractivity contribution is 5.91. The Bertz CT molecular complexity index is 463. The summed E-state index contributed by atoms with van der Waals surface area (Å²) in [7, 11) is 0. The van der Waals surface area contributed by atoms with Crippen LogP contribution in [0.5, 0.6) is 0 Å². The van der Waals surface area contributed by atoms with Gasteiger partial charge in [-0.15, -0.1) is 0 Å². The van der Waals surface area contributed by atoms with E-state index < -0.39 is 23.5 Å². The van der Waals surface area contributed by atoms with E-state index in [2.05, 4.69) is 5.32 Å². The second-order valence-electron chi connectivity index (χ2n) is 4.08. The summed E-state index contributed by atoms with van der Waals surface area (Å²) in [5.74, 6) is -3.46. The standard InChI is InChI=1S/C12H13F2NO3/c1-7(5-12(17)18)4-11(16)15-10-3-2-8(13)6-9(10)14/h2-3,6-7H,4-5H2,1H3,(H,15,16)(H,17,18). The first-order valence-electron chi connectivity index (χ1n) is 5.35. The van der Waals surface area contributed by atoms with Crippen molar-refractivity contribution in [3.05, 3.63) is 29.8 Å². The lowest BCUT2D eigenvalue weighted by atomic mass is 10.0. The van der Waals surface area contributed by atoms with Gasteiger partial charge < -0.3 is 10.4 Å². The molecule has 1 rings (SSSR count). The molecule has 1 amide bonds. The maximum absolute atomic E-state index is 13.2. The van der Waals surface area contributed by atoms with E-state index in [1.807, 2.05) is 0 Å². The second kappa shape index (κ2) is 6.09. The zero-order valence-corrected chi connectivity index (χ0v) is 9.74. The third-order valence-electron chi connectivity index (χ3n) is 2.26. The van der Waals surface area contributed by atoms with E-state index in [0.717, 1.165) is 12.1 Å². The normalized spacial score (nSPS) is 11.9. The fraction of sp³-hybridized carbons (Fsp3) is 0.333. The number of carbonyl (C=O) groups excluding carboxylic acids is 1. The van der Waals surface area contributed by atoms with E-state index in [1.54, 1.807) is 6.92 Å². The van der Waals surface area contributed by atoms with Gasteiger partial charge in [-0.25, -0.2) is 8.78 Å². The second-order valence-corrected chi connectivity index (χ2v) is 4.08. The van der Waals surface area contributed by atoms with E-state index in [9.17, 15) is 18.4 Å². The molecule has 0 spiro atoms. The average molecular weight is 257 g/mol. The van der Waals surface area contributed by atoms with Crippen LogP contribution in [-0.2, 0) is 9.59 Å². The first-order chi connectivity index (χ1) is 8.38. The van der Waals surface area contributed by atoms with E-state index in [1.165, 1.54) is 0 Å². The predicted octanol–water partition coefficient (Wildman–Crippen LogP) is 2.40. The zero-order chi connectivity index (χ0) is 13.7. The Morgan fingerprint density at radius 3 is 2.56 bits per heavy atom. The number of carboxylic acid groups (broad SMARTS) is 1. The Labute approximate surface area is 103 Å². The highest BCUT2D eigenvalue weighted by Crippen LogP contribution is 2.16. The van der Waals surface area contributed by atoms with Crippen molar-refractivity contribution in [1.82, 2.24) is 0 Å². The average Bonchev–Trinajstić information content (AvgIpc) is 2.20. The molecule has 1 unspecified atom stereocenters. The number of amides is 1. The Kier molecular flexibility index (Phi) is 4.76. The van der Waals surface area contributed by atoms with Crippen LogP contribution in [0.2, 0.25) is 0 Å². The van der Waals surface area contributed by atoms with Crippen molar-refractivity contribution in [1.29, 1.82) is 0 Å². The summed E-state index contributed by atoms with van der Waals surface area (Å²) >= 11 is 0. The quantitative estimate of drug-likeness (QED) is 0.851. The minimum atomic E-state index is -0.997. The van der Waals surface area contributed by atoms with E-state index in [-0.39, 0.29) is 24.4 Å². The number of carbonyl (C=O) groups is 2. The van der Waals surface area contributed by atoms with Gasteiger partial charge in [0, 0.05) is 18.9 Å². The molecule has 0 heterocycles. The van der Waals surface area contributed by atoms with Gasteiger partial charge in [-0.05, 0) is 18.1 Å². The summed E-state index contributed by atoms with van der Waals surface area (Å²) in [5, 5.41) is 10.8. The van der Waals surface area contributed by atoms with Crippen LogP contribution < -0.4 is 5.32 Å². The van der Waals surface area contributed by atoms with Crippen LogP contribution in [0.15, 0.2) is 18.2 Å². The molecule has 0 fully saturated rings. The van der Waals surface area contributed by atoms with Crippen LogP contribution in [0.1, 0.15) is 19.8 Å². The predicted molar refractivity (Wildman–Crippen MR) is 61.0 cm³/mol. The molecule has 18 heavy (non-hydrogen) atoms. The van der Waals surface area contributed by atoms with Crippen molar-refractivity contribution in [3.8, 4) is 0 Å². The molecular weight excluding hydrogens is 244 g/mol. The molecule has 0 aliphatic heterocycles. The first-order valence-corrected chi connectivity index (χ1v) is 5.35. The minimum Gasteiger partial charge on any atom is -0.481 e. The SMILES string of the molecule is CC(CC(=O)O)CC(=O)Nc1ccc(F)cc1F. The Morgan fingerprint density at radius 1 is 1.33 bits per heavy atom. The van der Waals surface area contributed by atoms with Gasteiger partial charge in [0.15, 0.2) is 0 Å². The fourth-order valence-corrected chi connectivity index (χ4v) is 1.48. The molecule has 0 aliphatic carbocycles. The number of anilines is 1. The number of hydrogen-bond acceptors (Lipinski definition) is 2. The molecule has 4 nitrogen and oxygen atoms in total. The number of rotatable bonds is 5. The van der Waals surface area contributed by atoms with E-state index in [4.69, 9.17) is 5.11 Å². The van der Waals surface area contributed by atoms with Crippen molar-refractivity contribution in [3.63, 3.8) is 0 Å². The summed E-state index contributed by atoms with van der Waals surface area (Å²) in [4.78, 5) is 21.9. The molecule has 0 aromatic heterocycles. The molecule has 0 bridgehead atoms. The molecule has 0 aliphatic rings. The van der Waals surface area contributed by atoms with Gasteiger partial charge in [0.1, 0.15) is 11.6 Å². The van der Waals surface area contributed by atoms with Crippen molar-refractivity contribution in [2.75, 3.05) is 5.32 Å². The van der Waals surface area contributed by atoms with Crippen LogP contribution in [0.25, 0.3) is 0 Å². The number of carboxylic acids is 1. The lowest BCUT2D eigenvalue weighted by molar-refractivity contribution is -0.138. The van der Waals surface area contributed by atoms with Crippen LogP contribution in [0.3, 0.4) is 0 Å². The number of aliphatic carboxylic acids is 1. The van der Waals surface area contributed by atoms with E-state index >= 15 is 0 Å². The maximum Gasteiger partial charge on any atom is 0.303 e. The summed E-state index contributed by atoms with van der Waals surface area (Å²) < 4.78 is 25.8. The molecular formula is C12H13F2NO3.